The van der Waals surface area contributed by atoms with Crippen LogP contribution in [0.3, 0.4) is 0 Å². The summed E-state index contributed by atoms with van der Waals surface area (Å²) in [4.78, 5) is 9.60. The number of aliphatic hydroxyl groups is 2. The molecular weight excluding hydrogens is 253 g/mol. The predicted molar refractivity (Wildman–Crippen MR) is 59.4 cm³/mol. The van der Waals surface area contributed by atoms with E-state index >= 15 is 0 Å². The van der Waals surface area contributed by atoms with Crippen LogP contribution in [-0.4, -0.2) is 27.1 Å². The van der Waals surface area contributed by atoms with Crippen LogP contribution in [0, 0.1) is 15.9 Å². The van der Waals surface area contributed by atoms with Gasteiger partial charge in [0.2, 0.25) is 5.82 Å². The molecule has 0 amide bonds. The highest BCUT2D eigenvalue weighted by atomic mass is 35.5. The van der Waals surface area contributed by atoms with E-state index in [0.29, 0.717) is 0 Å². The first-order valence-electron chi connectivity index (χ1n) is 4.83. The van der Waals surface area contributed by atoms with E-state index in [0.717, 1.165) is 12.1 Å². The number of hydrogen-bond acceptors (Lipinski definition) is 4. The summed E-state index contributed by atoms with van der Waals surface area (Å²) < 4.78 is 13.0. The lowest BCUT2D eigenvalue weighted by Gasteiger charge is -2.16. The maximum Gasteiger partial charge on any atom is 0.305 e. The van der Waals surface area contributed by atoms with E-state index in [1.54, 1.807) is 0 Å². The van der Waals surface area contributed by atoms with Gasteiger partial charge in [0.25, 0.3) is 0 Å². The van der Waals surface area contributed by atoms with Gasteiger partial charge in [0, 0.05) is 11.9 Å². The van der Waals surface area contributed by atoms with Gasteiger partial charge >= 0.3 is 5.69 Å². The molecule has 17 heavy (non-hydrogen) atoms. The summed E-state index contributed by atoms with van der Waals surface area (Å²) in [5.41, 5.74) is -0.657. The minimum absolute atomic E-state index is 0.0794. The third kappa shape index (κ3) is 3.36. The average molecular weight is 264 g/mol. The Balaban J connectivity index is 2.99. The molecule has 0 bridgehead atoms. The highest BCUT2D eigenvalue weighted by Gasteiger charge is 2.22. The summed E-state index contributed by atoms with van der Waals surface area (Å²) in [7, 11) is 0. The van der Waals surface area contributed by atoms with Crippen molar-refractivity contribution in [3.05, 3.63) is 39.7 Å². The SMILES string of the molecule is O=[N+]([O-])c1cc(C(O)C(O)CCCl)ccc1F. The standard InChI is InChI=1S/C10H11ClFNO4/c11-4-3-9(14)10(15)6-1-2-7(12)8(5-6)13(16)17/h1-2,5,9-10,14-15H,3-4H2. The normalized spacial score (nSPS) is 14.4. The van der Waals surface area contributed by atoms with Crippen molar-refractivity contribution in [2.24, 2.45) is 0 Å². The Labute approximate surface area is 102 Å². The minimum Gasteiger partial charge on any atom is -0.390 e. The molecule has 0 heterocycles. The van der Waals surface area contributed by atoms with Gasteiger partial charge in [-0.1, -0.05) is 6.07 Å². The van der Waals surface area contributed by atoms with Gasteiger partial charge < -0.3 is 10.2 Å². The van der Waals surface area contributed by atoms with Crippen LogP contribution < -0.4 is 0 Å². The highest BCUT2D eigenvalue weighted by Crippen LogP contribution is 2.25. The fraction of sp³-hybridized carbons (Fsp3) is 0.400. The van der Waals surface area contributed by atoms with Gasteiger partial charge in [-0.2, -0.15) is 4.39 Å². The second-order valence-corrected chi connectivity index (χ2v) is 3.84. The molecule has 0 aromatic heterocycles. The van der Waals surface area contributed by atoms with E-state index in [-0.39, 0.29) is 17.9 Å². The van der Waals surface area contributed by atoms with Crippen molar-refractivity contribution in [3.8, 4) is 0 Å². The molecule has 0 saturated carbocycles. The van der Waals surface area contributed by atoms with Crippen LogP contribution in [-0.2, 0) is 0 Å². The van der Waals surface area contributed by atoms with Gasteiger partial charge in [-0.15, -0.1) is 11.6 Å². The summed E-state index contributed by atoms with van der Waals surface area (Å²) in [6, 6.07) is 2.96. The topological polar surface area (TPSA) is 83.6 Å². The van der Waals surface area contributed by atoms with Gasteiger partial charge in [0.1, 0.15) is 6.10 Å². The average Bonchev–Trinajstić information content (AvgIpc) is 2.28. The summed E-state index contributed by atoms with van der Waals surface area (Å²) in [6.07, 6.45) is -2.33. The number of nitro groups is 1. The summed E-state index contributed by atoms with van der Waals surface area (Å²) >= 11 is 5.40. The first-order chi connectivity index (χ1) is 7.97. The summed E-state index contributed by atoms with van der Waals surface area (Å²) in [5.74, 6) is -0.848. The molecule has 5 nitrogen and oxygen atoms in total. The number of hydrogen-bond donors (Lipinski definition) is 2. The number of nitrogens with zero attached hydrogens (tertiary/aromatic N) is 1. The van der Waals surface area contributed by atoms with Crippen molar-refractivity contribution in [2.75, 3.05) is 5.88 Å². The summed E-state index contributed by atoms with van der Waals surface area (Å²) in [5, 5.41) is 29.6. The van der Waals surface area contributed by atoms with Gasteiger partial charge in [0.05, 0.1) is 11.0 Å². The van der Waals surface area contributed by atoms with E-state index < -0.39 is 28.6 Å². The molecule has 0 fully saturated rings. The van der Waals surface area contributed by atoms with Gasteiger partial charge in [-0.25, -0.2) is 0 Å². The number of nitro benzene ring substituents is 1. The lowest BCUT2D eigenvalue weighted by molar-refractivity contribution is -0.387. The van der Waals surface area contributed by atoms with Crippen LogP contribution in [0.25, 0.3) is 0 Å². The van der Waals surface area contributed by atoms with Crippen molar-refractivity contribution in [1.82, 2.24) is 0 Å². The van der Waals surface area contributed by atoms with Crippen molar-refractivity contribution in [2.45, 2.75) is 18.6 Å². The number of alkyl halides is 1. The molecule has 2 unspecified atom stereocenters. The Morgan fingerprint density at radius 1 is 1.47 bits per heavy atom. The monoisotopic (exact) mass is 263 g/mol. The van der Waals surface area contributed by atoms with E-state index in [2.05, 4.69) is 0 Å². The third-order valence-electron chi connectivity index (χ3n) is 2.28. The van der Waals surface area contributed by atoms with Crippen molar-refractivity contribution >= 4 is 17.3 Å². The fourth-order valence-corrected chi connectivity index (χ4v) is 1.57. The van der Waals surface area contributed by atoms with E-state index in [4.69, 9.17) is 11.6 Å². The molecule has 0 aliphatic carbocycles. The number of rotatable bonds is 5. The molecular formula is C10H11ClFNO4. The third-order valence-corrected chi connectivity index (χ3v) is 2.50. The zero-order valence-electron chi connectivity index (χ0n) is 8.72. The first kappa shape index (κ1) is 13.8. The Bertz CT molecular complexity index is 415. The zero-order chi connectivity index (χ0) is 13.0. The van der Waals surface area contributed by atoms with Crippen LogP contribution in [0.1, 0.15) is 18.1 Å². The minimum atomic E-state index is -1.33. The van der Waals surface area contributed by atoms with E-state index in [1.807, 2.05) is 0 Å². The van der Waals surface area contributed by atoms with Crippen LogP contribution in [0.15, 0.2) is 18.2 Å². The maximum absolute atomic E-state index is 13.0. The van der Waals surface area contributed by atoms with Crippen LogP contribution in [0.5, 0.6) is 0 Å². The van der Waals surface area contributed by atoms with Crippen molar-refractivity contribution in [3.63, 3.8) is 0 Å². The Kier molecular flexibility index (Phi) is 4.80. The molecule has 7 heteroatoms. The van der Waals surface area contributed by atoms with Crippen LogP contribution in [0.2, 0.25) is 0 Å². The van der Waals surface area contributed by atoms with Crippen molar-refractivity contribution < 1.29 is 19.5 Å². The lowest BCUT2D eigenvalue weighted by atomic mass is 10.0. The quantitative estimate of drug-likeness (QED) is 0.482. The molecule has 0 aliphatic heterocycles. The largest absolute Gasteiger partial charge is 0.390 e. The van der Waals surface area contributed by atoms with E-state index in [9.17, 15) is 24.7 Å². The Morgan fingerprint density at radius 3 is 2.65 bits per heavy atom. The second-order valence-electron chi connectivity index (χ2n) is 3.46. The fourth-order valence-electron chi connectivity index (χ4n) is 1.35. The molecule has 1 aromatic rings. The first-order valence-corrected chi connectivity index (χ1v) is 5.36. The molecule has 0 radical (unpaired) electrons. The van der Waals surface area contributed by atoms with Gasteiger partial charge in [-0.05, 0) is 18.1 Å². The smallest absolute Gasteiger partial charge is 0.305 e. The Hall–Kier alpha value is -1.24. The maximum atomic E-state index is 13.0. The molecule has 1 rings (SSSR count). The van der Waals surface area contributed by atoms with Gasteiger partial charge in [-0.3, -0.25) is 10.1 Å². The molecule has 2 N–H and O–H groups in total. The summed E-state index contributed by atoms with van der Waals surface area (Å²) in [6.45, 7) is 0. The molecule has 0 saturated heterocycles. The number of halogens is 2. The molecule has 1 aromatic carbocycles. The van der Waals surface area contributed by atoms with Crippen molar-refractivity contribution in [1.29, 1.82) is 0 Å². The Morgan fingerprint density at radius 2 is 2.12 bits per heavy atom. The van der Waals surface area contributed by atoms with Crippen LogP contribution in [0.4, 0.5) is 10.1 Å². The lowest BCUT2D eigenvalue weighted by Crippen LogP contribution is -2.18. The predicted octanol–water partition coefficient (Wildman–Crippen LogP) is 1.76. The molecule has 2 atom stereocenters. The van der Waals surface area contributed by atoms with Gasteiger partial charge in [0.15, 0.2) is 0 Å². The zero-order valence-corrected chi connectivity index (χ0v) is 9.47. The molecule has 94 valence electrons. The number of benzene rings is 1. The second kappa shape index (κ2) is 5.90. The molecule has 0 spiro atoms. The number of aliphatic hydroxyl groups excluding tert-OH is 2. The molecule has 0 aliphatic rings. The van der Waals surface area contributed by atoms with Crippen LogP contribution >= 0.6 is 11.6 Å². The highest BCUT2D eigenvalue weighted by molar-refractivity contribution is 6.17. The van der Waals surface area contributed by atoms with E-state index in [1.165, 1.54) is 6.07 Å².